The summed E-state index contributed by atoms with van der Waals surface area (Å²) in [6.07, 6.45) is 1.54. The molecule has 2 N–H and O–H groups in total. The molecule has 1 aliphatic rings. The van der Waals surface area contributed by atoms with Crippen molar-refractivity contribution in [1.82, 2.24) is 15.5 Å². The fourth-order valence-electron chi connectivity index (χ4n) is 3.12. The van der Waals surface area contributed by atoms with Crippen molar-refractivity contribution in [3.05, 3.63) is 65.7 Å². The van der Waals surface area contributed by atoms with Gasteiger partial charge in [0.05, 0.1) is 17.7 Å². The van der Waals surface area contributed by atoms with Crippen LogP contribution in [-0.2, 0) is 0 Å². The number of nitrogens with one attached hydrogen (secondary N) is 2. The molecule has 1 heterocycles. The lowest BCUT2D eigenvalue weighted by Gasteiger charge is -2.15. The second kappa shape index (κ2) is 10.3. The zero-order valence-electron chi connectivity index (χ0n) is 16.6. The number of unbranched alkanes of at least 4 members (excludes halogenated alkanes) is 1. The summed E-state index contributed by atoms with van der Waals surface area (Å²) in [4.78, 5) is 30.2. The number of nitrogens with zero attached hydrogens (tertiary/aromatic N) is 2. The zero-order valence-corrected chi connectivity index (χ0v) is 16.6. The van der Waals surface area contributed by atoms with Crippen molar-refractivity contribution in [2.24, 2.45) is 4.99 Å². The van der Waals surface area contributed by atoms with Gasteiger partial charge in [-0.25, -0.2) is 0 Å². The Morgan fingerprint density at radius 1 is 0.897 bits per heavy atom. The van der Waals surface area contributed by atoms with Gasteiger partial charge in [0.1, 0.15) is 12.4 Å². The average molecular weight is 394 g/mol. The van der Waals surface area contributed by atoms with E-state index in [0.29, 0.717) is 43.3 Å². The summed E-state index contributed by atoms with van der Waals surface area (Å²) in [7, 11) is 1.71. The van der Waals surface area contributed by atoms with Crippen LogP contribution in [0.1, 0.15) is 33.6 Å². The van der Waals surface area contributed by atoms with Crippen LogP contribution >= 0.6 is 0 Å². The highest BCUT2D eigenvalue weighted by Crippen LogP contribution is 2.22. The van der Waals surface area contributed by atoms with E-state index in [2.05, 4.69) is 15.6 Å². The minimum absolute atomic E-state index is 0.200. The lowest BCUT2D eigenvalue weighted by molar-refractivity contribution is 0.0652. The Morgan fingerprint density at radius 3 is 2.17 bits per heavy atom. The molecule has 0 spiro atoms. The van der Waals surface area contributed by atoms with Crippen LogP contribution in [0.25, 0.3) is 0 Å². The van der Waals surface area contributed by atoms with Crippen LogP contribution in [0.15, 0.2) is 59.6 Å². The molecule has 2 aromatic rings. The number of rotatable bonds is 9. The van der Waals surface area contributed by atoms with E-state index < -0.39 is 0 Å². The van der Waals surface area contributed by atoms with Crippen molar-refractivity contribution in [1.29, 1.82) is 0 Å². The summed E-state index contributed by atoms with van der Waals surface area (Å²) in [5.41, 5.74) is 0.996. The Labute approximate surface area is 170 Å². The molecule has 0 fully saturated rings. The Bertz CT molecular complexity index is 832. The van der Waals surface area contributed by atoms with Gasteiger partial charge in [-0.1, -0.05) is 30.3 Å². The third-order valence-electron chi connectivity index (χ3n) is 4.61. The first-order valence-corrected chi connectivity index (χ1v) is 9.78. The van der Waals surface area contributed by atoms with E-state index in [1.54, 1.807) is 31.3 Å². The van der Waals surface area contributed by atoms with Crippen LogP contribution in [-0.4, -0.2) is 56.0 Å². The van der Waals surface area contributed by atoms with Crippen LogP contribution in [0.5, 0.6) is 5.75 Å². The van der Waals surface area contributed by atoms with Gasteiger partial charge >= 0.3 is 0 Å². The number of para-hydroxylation sites is 1. The molecule has 0 bridgehead atoms. The van der Waals surface area contributed by atoms with Gasteiger partial charge in [0.2, 0.25) is 0 Å². The van der Waals surface area contributed by atoms with E-state index in [4.69, 9.17) is 4.74 Å². The first-order valence-electron chi connectivity index (χ1n) is 9.78. The van der Waals surface area contributed by atoms with Crippen LogP contribution < -0.4 is 15.4 Å². The number of guanidine groups is 1. The van der Waals surface area contributed by atoms with Crippen molar-refractivity contribution in [2.75, 3.05) is 33.3 Å². The molecule has 0 atom stereocenters. The third-order valence-corrected chi connectivity index (χ3v) is 4.61. The van der Waals surface area contributed by atoms with Gasteiger partial charge in [0.15, 0.2) is 5.96 Å². The minimum Gasteiger partial charge on any atom is -0.492 e. The summed E-state index contributed by atoms with van der Waals surface area (Å²) >= 11 is 0. The van der Waals surface area contributed by atoms with E-state index in [-0.39, 0.29) is 11.8 Å². The third kappa shape index (κ3) is 5.34. The molecule has 1 aliphatic heterocycles. The number of fused-ring (bicyclic) bond motifs is 1. The molecule has 152 valence electrons. The molecule has 0 unspecified atom stereocenters. The number of ether oxygens (including phenoxy) is 1. The molecule has 7 nitrogen and oxygen atoms in total. The Morgan fingerprint density at radius 2 is 1.52 bits per heavy atom. The van der Waals surface area contributed by atoms with Gasteiger partial charge in [-0.3, -0.25) is 19.5 Å². The predicted molar refractivity (Wildman–Crippen MR) is 112 cm³/mol. The molecule has 0 aromatic heterocycles. The van der Waals surface area contributed by atoms with Crippen molar-refractivity contribution < 1.29 is 14.3 Å². The summed E-state index contributed by atoms with van der Waals surface area (Å²) in [5.74, 6) is 1.14. The second-order valence-corrected chi connectivity index (χ2v) is 6.60. The Hall–Kier alpha value is -3.35. The van der Waals surface area contributed by atoms with Gasteiger partial charge in [-0.05, 0) is 37.1 Å². The number of hydrogen-bond acceptors (Lipinski definition) is 4. The molecular formula is C22H26N4O3. The largest absolute Gasteiger partial charge is 0.492 e. The van der Waals surface area contributed by atoms with Gasteiger partial charge in [0.25, 0.3) is 11.8 Å². The highest BCUT2D eigenvalue weighted by molar-refractivity contribution is 6.21. The number of carbonyl (C=O) groups excluding carboxylic acids is 2. The Balaban J connectivity index is 1.31. The Kier molecular flexibility index (Phi) is 7.22. The van der Waals surface area contributed by atoms with Crippen molar-refractivity contribution in [3.8, 4) is 5.75 Å². The standard InChI is InChI=1S/C22H26N4O3/c1-23-22(25-14-16-29-17-9-3-2-4-10-17)24-13-7-8-15-26-20(27)18-11-5-6-12-19(18)21(26)28/h2-6,9-12H,7-8,13-16H2,1H3,(H2,23,24,25). The fraction of sp³-hybridized carbons (Fsp3) is 0.318. The molecule has 2 amide bonds. The minimum atomic E-state index is -0.200. The highest BCUT2D eigenvalue weighted by Gasteiger charge is 2.34. The van der Waals surface area contributed by atoms with Crippen molar-refractivity contribution in [3.63, 3.8) is 0 Å². The van der Waals surface area contributed by atoms with E-state index in [9.17, 15) is 9.59 Å². The van der Waals surface area contributed by atoms with Gasteiger partial charge in [0, 0.05) is 20.1 Å². The number of aliphatic imine (C=N–C) groups is 1. The summed E-state index contributed by atoms with van der Waals surface area (Å²) in [6.45, 7) is 2.28. The topological polar surface area (TPSA) is 83.0 Å². The molecule has 29 heavy (non-hydrogen) atoms. The molecule has 3 rings (SSSR count). The van der Waals surface area contributed by atoms with E-state index >= 15 is 0 Å². The molecule has 7 heteroatoms. The smallest absolute Gasteiger partial charge is 0.261 e. The fourth-order valence-corrected chi connectivity index (χ4v) is 3.12. The SMILES string of the molecule is CN=C(NCCCCN1C(=O)c2ccccc2C1=O)NCCOc1ccccc1. The maximum absolute atomic E-state index is 12.3. The molecule has 0 saturated heterocycles. The van der Waals surface area contributed by atoms with E-state index in [1.165, 1.54) is 4.90 Å². The molecular weight excluding hydrogens is 368 g/mol. The lowest BCUT2D eigenvalue weighted by atomic mass is 10.1. The highest BCUT2D eigenvalue weighted by atomic mass is 16.5. The molecule has 0 saturated carbocycles. The number of amides is 2. The molecule has 0 radical (unpaired) electrons. The van der Waals surface area contributed by atoms with Crippen LogP contribution in [0.3, 0.4) is 0 Å². The van der Waals surface area contributed by atoms with Crippen LogP contribution in [0.4, 0.5) is 0 Å². The normalized spacial score (nSPS) is 13.4. The monoisotopic (exact) mass is 394 g/mol. The summed E-state index contributed by atoms with van der Waals surface area (Å²) in [5, 5.41) is 6.42. The van der Waals surface area contributed by atoms with Crippen LogP contribution in [0.2, 0.25) is 0 Å². The zero-order chi connectivity index (χ0) is 20.5. The molecule has 0 aliphatic carbocycles. The maximum Gasteiger partial charge on any atom is 0.261 e. The first-order chi connectivity index (χ1) is 14.2. The van der Waals surface area contributed by atoms with E-state index in [1.807, 2.05) is 30.3 Å². The summed E-state index contributed by atoms with van der Waals surface area (Å²) < 4.78 is 5.63. The number of hydrogen-bond donors (Lipinski definition) is 2. The predicted octanol–water partition coefficient (Wildman–Crippen LogP) is 2.31. The summed E-state index contributed by atoms with van der Waals surface area (Å²) in [6, 6.07) is 16.6. The van der Waals surface area contributed by atoms with Crippen LogP contribution in [0, 0.1) is 0 Å². The van der Waals surface area contributed by atoms with E-state index in [0.717, 1.165) is 18.6 Å². The number of carbonyl (C=O) groups is 2. The van der Waals surface area contributed by atoms with Gasteiger partial charge in [-0.2, -0.15) is 0 Å². The second-order valence-electron chi connectivity index (χ2n) is 6.60. The lowest BCUT2D eigenvalue weighted by Crippen LogP contribution is -2.40. The van der Waals surface area contributed by atoms with Crippen molar-refractivity contribution in [2.45, 2.75) is 12.8 Å². The maximum atomic E-state index is 12.3. The quantitative estimate of drug-likeness (QED) is 0.295. The first kappa shape index (κ1) is 20.4. The van der Waals surface area contributed by atoms with Crippen molar-refractivity contribution >= 4 is 17.8 Å². The number of benzene rings is 2. The van der Waals surface area contributed by atoms with Gasteiger partial charge < -0.3 is 15.4 Å². The molecule has 2 aromatic carbocycles. The van der Waals surface area contributed by atoms with Gasteiger partial charge in [-0.15, -0.1) is 0 Å². The number of imide groups is 1. The average Bonchev–Trinajstić information content (AvgIpc) is 3.00.